The highest BCUT2D eigenvalue weighted by atomic mass is 31.1. The Kier molecular flexibility index (Phi) is 2.31. The van der Waals surface area contributed by atoms with Crippen LogP contribution in [0.5, 0.6) is 0 Å². The molecule has 0 unspecified atom stereocenters. The molecule has 0 fully saturated rings. The molecular formula is C14H13P. The molecule has 0 radical (unpaired) electrons. The Morgan fingerprint density at radius 1 is 0.733 bits per heavy atom. The van der Waals surface area contributed by atoms with Crippen molar-refractivity contribution in [3.05, 3.63) is 66.8 Å². The van der Waals surface area contributed by atoms with Crippen molar-refractivity contribution >= 4 is 13.2 Å². The zero-order valence-corrected chi connectivity index (χ0v) is 9.35. The van der Waals surface area contributed by atoms with Crippen LogP contribution in [-0.4, -0.2) is 11.3 Å². The maximum atomic E-state index is 2.36. The predicted molar refractivity (Wildman–Crippen MR) is 68.0 cm³/mol. The van der Waals surface area contributed by atoms with Crippen LogP contribution in [0.2, 0.25) is 0 Å². The Labute approximate surface area is 91.8 Å². The lowest BCUT2D eigenvalue weighted by Crippen LogP contribution is -2.11. The van der Waals surface area contributed by atoms with E-state index in [9.17, 15) is 0 Å². The molecule has 74 valence electrons. The Bertz CT molecular complexity index is 406. The number of rotatable bonds is 1. The molecule has 0 amide bonds. The minimum absolute atomic E-state index is 0.0895. The van der Waals surface area contributed by atoms with Gasteiger partial charge in [-0.15, -0.1) is 0 Å². The number of allylic oxidation sites excluding steroid dienone is 6. The van der Waals surface area contributed by atoms with Crippen molar-refractivity contribution in [2.75, 3.05) is 0 Å². The Morgan fingerprint density at radius 3 is 1.93 bits per heavy atom. The Morgan fingerprint density at radius 2 is 1.33 bits per heavy atom. The highest BCUT2D eigenvalue weighted by Crippen LogP contribution is 2.52. The maximum absolute atomic E-state index is 2.36. The van der Waals surface area contributed by atoms with Gasteiger partial charge >= 0.3 is 0 Å². The summed E-state index contributed by atoms with van der Waals surface area (Å²) in [5, 5.41) is 1.52. The minimum atomic E-state index is -0.0895. The summed E-state index contributed by atoms with van der Waals surface area (Å²) in [6, 6.07) is 10.9. The molecule has 2 bridgehead atoms. The molecule has 1 aromatic rings. The van der Waals surface area contributed by atoms with Gasteiger partial charge in [0.05, 0.1) is 0 Å². The summed E-state index contributed by atoms with van der Waals surface area (Å²) in [6.07, 6.45) is 13.8. The van der Waals surface area contributed by atoms with Gasteiger partial charge in [-0.05, 0) is 5.30 Å². The molecule has 2 aliphatic heterocycles. The molecule has 0 N–H and O–H groups in total. The number of benzene rings is 1. The average Bonchev–Trinajstić information content (AvgIpc) is 2.53. The number of hydrogen-bond acceptors (Lipinski definition) is 0. The monoisotopic (exact) mass is 212 g/mol. The van der Waals surface area contributed by atoms with E-state index in [-0.39, 0.29) is 7.92 Å². The second-order valence-electron chi connectivity index (χ2n) is 3.88. The van der Waals surface area contributed by atoms with E-state index in [1.54, 1.807) is 0 Å². The van der Waals surface area contributed by atoms with Gasteiger partial charge in [-0.2, -0.15) is 0 Å². The largest absolute Gasteiger partial charge is 0.0760 e. The summed E-state index contributed by atoms with van der Waals surface area (Å²) in [5.41, 5.74) is 1.28. The van der Waals surface area contributed by atoms with Crippen LogP contribution < -0.4 is 5.30 Å². The lowest BCUT2D eigenvalue weighted by molar-refractivity contribution is 1.41. The van der Waals surface area contributed by atoms with Gasteiger partial charge in [0.25, 0.3) is 0 Å². The van der Waals surface area contributed by atoms with Crippen molar-refractivity contribution in [2.45, 2.75) is 11.3 Å². The first-order valence-electron chi connectivity index (χ1n) is 5.32. The van der Waals surface area contributed by atoms with Crippen LogP contribution >= 0.6 is 7.92 Å². The molecule has 2 heterocycles. The van der Waals surface area contributed by atoms with Gasteiger partial charge in [0, 0.05) is 11.3 Å². The number of hydrogen-bond donors (Lipinski definition) is 0. The second-order valence-corrected chi connectivity index (χ2v) is 6.40. The first kappa shape index (κ1) is 9.12. The maximum Gasteiger partial charge on any atom is 0.0202 e. The van der Waals surface area contributed by atoms with Crippen molar-refractivity contribution in [3.63, 3.8) is 0 Å². The van der Waals surface area contributed by atoms with Gasteiger partial charge in [0.2, 0.25) is 0 Å². The molecule has 15 heavy (non-hydrogen) atoms. The Hall–Kier alpha value is -1.13. The topological polar surface area (TPSA) is 0 Å². The van der Waals surface area contributed by atoms with E-state index in [1.165, 1.54) is 5.30 Å². The van der Waals surface area contributed by atoms with Crippen LogP contribution in [0.15, 0.2) is 66.8 Å². The van der Waals surface area contributed by atoms with Crippen LogP contribution in [0, 0.1) is 0 Å². The molecule has 0 saturated carbocycles. The Balaban J connectivity index is 2.02. The fourth-order valence-corrected chi connectivity index (χ4v) is 4.97. The van der Waals surface area contributed by atoms with E-state index in [4.69, 9.17) is 0 Å². The first-order valence-corrected chi connectivity index (χ1v) is 6.80. The smallest absolute Gasteiger partial charge is 0.0202 e. The molecule has 0 spiro atoms. The van der Waals surface area contributed by atoms with Crippen molar-refractivity contribution in [1.82, 2.24) is 0 Å². The standard InChI is InChI=1S/C14H13P/c1-2-6-12(7-3-1)15-13-8-4-5-9-14(15)11-10-13/h1-11,13-14H/t13-,14-/m1/s1. The van der Waals surface area contributed by atoms with Gasteiger partial charge in [-0.1, -0.05) is 74.7 Å². The number of fused-ring (bicyclic) bond motifs is 2. The summed E-state index contributed by atoms with van der Waals surface area (Å²) in [6.45, 7) is 0. The molecular weight excluding hydrogens is 199 g/mol. The van der Waals surface area contributed by atoms with E-state index in [0.29, 0.717) is 11.3 Å². The lowest BCUT2D eigenvalue weighted by Gasteiger charge is -2.21. The van der Waals surface area contributed by atoms with Crippen molar-refractivity contribution < 1.29 is 0 Å². The van der Waals surface area contributed by atoms with Crippen molar-refractivity contribution in [2.24, 2.45) is 0 Å². The molecule has 2 aliphatic rings. The summed E-state index contributed by atoms with van der Waals surface area (Å²) < 4.78 is 0. The highest BCUT2D eigenvalue weighted by Gasteiger charge is 2.29. The van der Waals surface area contributed by atoms with Crippen molar-refractivity contribution in [3.8, 4) is 0 Å². The van der Waals surface area contributed by atoms with Gasteiger partial charge in [0.15, 0.2) is 0 Å². The average molecular weight is 212 g/mol. The fourth-order valence-electron chi connectivity index (χ4n) is 2.23. The molecule has 0 nitrogen and oxygen atoms in total. The zero-order chi connectivity index (χ0) is 10.1. The lowest BCUT2D eigenvalue weighted by atomic mass is 10.2. The minimum Gasteiger partial charge on any atom is -0.0760 e. The summed E-state index contributed by atoms with van der Waals surface area (Å²) in [7, 11) is -0.0895. The SMILES string of the molecule is C1=C[C@@H]2C=C[C@@H](C=C1)P2c1ccccc1. The highest BCUT2D eigenvalue weighted by molar-refractivity contribution is 7.68. The van der Waals surface area contributed by atoms with Crippen LogP contribution in [-0.2, 0) is 0 Å². The van der Waals surface area contributed by atoms with E-state index < -0.39 is 0 Å². The van der Waals surface area contributed by atoms with E-state index in [0.717, 1.165) is 0 Å². The quantitative estimate of drug-likeness (QED) is 0.495. The summed E-state index contributed by atoms with van der Waals surface area (Å²) in [4.78, 5) is 0. The van der Waals surface area contributed by atoms with Crippen LogP contribution in [0.25, 0.3) is 0 Å². The van der Waals surface area contributed by atoms with Crippen LogP contribution in [0.1, 0.15) is 0 Å². The van der Waals surface area contributed by atoms with Gasteiger partial charge < -0.3 is 0 Å². The van der Waals surface area contributed by atoms with E-state index in [1.807, 2.05) is 0 Å². The third-order valence-corrected chi connectivity index (χ3v) is 5.80. The van der Waals surface area contributed by atoms with E-state index >= 15 is 0 Å². The van der Waals surface area contributed by atoms with Gasteiger partial charge in [0.1, 0.15) is 0 Å². The third-order valence-electron chi connectivity index (χ3n) is 2.93. The summed E-state index contributed by atoms with van der Waals surface area (Å²) >= 11 is 0. The molecule has 3 rings (SSSR count). The molecule has 0 aromatic heterocycles. The van der Waals surface area contributed by atoms with Crippen LogP contribution in [0.4, 0.5) is 0 Å². The van der Waals surface area contributed by atoms with E-state index in [2.05, 4.69) is 66.8 Å². The molecule has 1 aromatic carbocycles. The molecule has 2 atom stereocenters. The van der Waals surface area contributed by atoms with Crippen LogP contribution in [0.3, 0.4) is 0 Å². The molecule has 0 saturated heterocycles. The fraction of sp³-hybridized carbons (Fsp3) is 0.143. The molecule has 0 aliphatic carbocycles. The molecule has 1 heteroatoms. The second kappa shape index (κ2) is 3.79. The predicted octanol–water partition coefficient (Wildman–Crippen LogP) is 3.23. The van der Waals surface area contributed by atoms with Gasteiger partial charge in [-0.25, -0.2) is 0 Å². The normalized spacial score (nSPS) is 31.9. The zero-order valence-electron chi connectivity index (χ0n) is 8.45. The van der Waals surface area contributed by atoms with Crippen molar-refractivity contribution in [1.29, 1.82) is 0 Å². The summed E-state index contributed by atoms with van der Waals surface area (Å²) in [5.74, 6) is 0. The first-order chi connectivity index (χ1) is 7.45. The third kappa shape index (κ3) is 1.60. The van der Waals surface area contributed by atoms with Gasteiger partial charge in [-0.3, -0.25) is 0 Å².